The molecule has 1 aliphatic carbocycles. The molecule has 5 atom stereocenters. The highest BCUT2D eigenvalue weighted by atomic mass is 16.2. The third-order valence-corrected chi connectivity index (χ3v) is 8.61. The van der Waals surface area contributed by atoms with E-state index in [4.69, 9.17) is 5.73 Å². The second kappa shape index (κ2) is 10.2. The minimum Gasteiger partial charge on any atom is -0.363 e. The lowest BCUT2D eigenvalue weighted by atomic mass is 9.78. The van der Waals surface area contributed by atoms with Crippen LogP contribution in [-0.2, 0) is 19.2 Å². The maximum absolute atomic E-state index is 13.7. The molecular weight excluding hydrogens is 432 g/mol. The molecule has 3 fully saturated rings. The highest BCUT2D eigenvalue weighted by Crippen LogP contribution is 2.65. The first-order chi connectivity index (χ1) is 15.9. The van der Waals surface area contributed by atoms with Crippen LogP contribution < -0.4 is 11.1 Å². The Labute approximate surface area is 203 Å². The molecule has 3 amide bonds. The minimum absolute atomic E-state index is 0.0106. The molecule has 1 saturated carbocycles. The predicted molar refractivity (Wildman–Crippen MR) is 131 cm³/mol. The number of Topliss-reactive ketones (excluding diaryl/α,β-unsaturated/α-hetero) is 1. The fourth-order valence-electron chi connectivity index (χ4n) is 6.28. The van der Waals surface area contributed by atoms with Gasteiger partial charge in [-0.15, -0.1) is 0 Å². The first kappa shape index (κ1) is 26.4. The minimum atomic E-state index is -1.04. The average molecular weight is 475 g/mol. The van der Waals surface area contributed by atoms with Crippen LogP contribution in [0.2, 0.25) is 0 Å². The zero-order chi connectivity index (χ0) is 25.3. The standard InChI is InChI=1S/C26H42N4O4/c1-25(2)14-12-10-8-6-7-9-11-13-17(20(31)22(27)32)29-23(33)19-18-16(26(18,3)4)15-30(19)24(34)21(25)28-5/h16-19,21H,5-15H2,1-4H3,(H2,27,32)(H,29,33)/t16?,17-,18-,19-,21+/m0/s1. The van der Waals surface area contributed by atoms with Crippen LogP contribution in [-0.4, -0.2) is 59.8 Å². The van der Waals surface area contributed by atoms with Crippen molar-refractivity contribution in [3.8, 4) is 0 Å². The Morgan fingerprint density at radius 1 is 1.03 bits per heavy atom. The first-order valence-corrected chi connectivity index (χ1v) is 12.8. The summed E-state index contributed by atoms with van der Waals surface area (Å²) in [5.74, 6) is -2.15. The van der Waals surface area contributed by atoms with E-state index in [0.717, 1.165) is 51.4 Å². The van der Waals surface area contributed by atoms with Gasteiger partial charge in [-0.05, 0) is 42.2 Å². The smallest absolute Gasteiger partial charge is 0.287 e. The van der Waals surface area contributed by atoms with Crippen molar-refractivity contribution in [1.29, 1.82) is 0 Å². The summed E-state index contributed by atoms with van der Waals surface area (Å²) in [7, 11) is 0. The number of carbonyl (C=O) groups is 4. The Kier molecular flexibility index (Phi) is 7.88. The van der Waals surface area contributed by atoms with E-state index in [1.807, 2.05) is 0 Å². The molecular formula is C26H42N4O4. The van der Waals surface area contributed by atoms with Gasteiger partial charge in [0.15, 0.2) is 0 Å². The van der Waals surface area contributed by atoms with E-state index < -0.39 is 29.8 Å². The van der Waals surface area contributed by atoms with Gasteiger partial charge in [-0.3, -0.25) is 24.2 Å². The zero-order valence-corrected chi connectivity index (χ0v) is 21.3. The second-order valence-corrected chi connectivity index (χ2v) is 11.8. The number of amides is 3. The number of rotatable bonds is 3. The molecule has 2 heterocycles. The van der Waals surface area contributed by atoms with Gasteiger partial charge in [-0.1, -0.05) is 72.6 Å². The van der Waals surface area contributed by atoms with E-state index in [9.17, 15) is 19.2 Å². The van der Waals surface area contributed by atoms with Crippen LogP contribution in [0.5, 0.6) is 0 Å². The molecule has 0 bridgehead atoms. The van der Waals surface area contributed by atoms with E-state index in [1.165, 1.54) is 0 Å². The zero-order valence-electron chi connectivity index (χ0n) is 21.3. The molecule has 8 heteroatoms. The number of ketones is 1. The van der Waals surface area contributed by atoms with Crippen LogP contribution in [0.25, 0.3) is 0 Å². The first-order valence-electron chi connectivity index (χ1n) is 12.8. The molecule has 3 N–H and O–H groups in total. The number of hydrogen-bond acceptors (Lipinski definition) is 5. The van der Waals surface area contributed by atoms with E-state index in [2.05, 4.69) is 44.7 Å². The van der Waals surface area contributed by atoms with Crippen molar-refractivity contribution in [3.05, 3.63) is 0 Å². The van der Waals surface area contributed by atoms with Gasteiger partial charge in [0.05, 0.1) is 6.04 Å². The third-order valence-electron chi connectivity index (χ3n) is 8.61. The summed E-state index contributed by atoms with van der Waals surface area (Å²) in [5.41, 5.74) is 4.84. The summed E-state index contributed by atoms with van der Waals surface area (Å²) in [4.78, 5) is 57.3. The van der Waals surface area contributed by atoms with E-state index >= 15 is 0 Å². The van der Waals surface area contributed by atoms with Gasteiger partial charge >= 0.3 is 0 Å². The highest BCUT2D eigenvalue weighted by molar-refractivity contribution is 6.37. The fourth-order valence-corrected chi connectivity index (χ4v) is 6.28. The van der Waals surface area contributed by atoms with Gasteiger partial charge in [-0.25, -0.2) is 0 Å². The normalized spacial score (nSPS) is 34.2. The van der Waals surface area contributed by atoms with Crippen LogP contribution in [0, 0.1) is 22.7 Å². The van der Waals surface area contributed by atoms with Crippen molar-refractivity contribution >= 4 is 30.2 Å². The van der Waals surface area contributed by atoms with Crippen LogP contribution in [0.1, 0.15) is 85.5 Å². The van der Waals surface area contributed by atoms with Gasteiger partial charge in [0.1, 0.15) is 12.1 Å². The van der Waals surface area contributed by atoms with Gasteiger partial charge in [-0.2, -0.15) is 0 Å². The van der Waals surface area contributed by atoms with Gasteiger partial charge in [0.25, 0.3) is 5.91 Å². The molecule has 0 radical (unpaired) electrons. The molecule has 1 unspecified atom stereocenters. The lowest BCUT2D eigenvalue weighted by molar-refractivity contribution is -0.144. The molecule has 2 aliphatic heterocycles. The van der Waals surface area contributed by atoms with E-state index in [1.54, 1.807) is 4.90 Å². The summed E-state index contributed by atoms with van der Waals surface area (Å²) in [5, 5.41) is 2.80. The molecule has 34 heavy (non-hydrogen) atoms. The number of carbonyl (C=O) groups excluding carboxylic acids is 4. The maximum Gasteiger partial charge on any atom is 0.287 e. The Morgan fingerprint density at radius 3 is 2.21 bits per heavy atom. The lowest BCUT2D eigenvalue weighted by Gasteiger charge is -2.37. The molecule has 2 saturated heterocycles. The summed E-state index contributed by atoms with van der Waals surface area (Å²) in [6.45, 7) is 12.5. The van der Waals surface area contributed by atoms with Crippen molar-refractivity contribution < 1.29 is 19.2 Å². The quantitative estimate of drug-likeness (QED) is 0.482. The molecule has 3 aliphatic rings. The number of hydrogen-bond donors (Lipinski definition) is 2. The SMILES string of the molecule is C=N[C@@H]1C(=O)N2CC3[C@@H]([C@H]2C(=O)N[C@H](C(=O)C(N)=O)CCCCCCCCCC1(C)C)C3(C)C. The van der Waals surface area contributed by atoms with Crippen LogP contribution in [0.3, 0.4) is 0 Å². The van der Waals surface area contributed by atoms with Gasteiger partial charge in [0, 0.05) is 6.54 Å². The van der Waals surface area contributed by atoms with Crippen molar-refractivity contribution in [3.63, 3.8) is 0 Å². The molecule has 0 aromatic heterocycles. The van der Waals surface area contributed by atoms with Gasteiger partial charge < -0.3 is 16.0 Å². The van der Waals surface area contributed by atoms with E-state index in [-0.39, 0.29) is 34.5 Å². The summed E-state index contributed by atoms with van der Waals surface area (Å²) in [6, 6.07) is -2.28. The summed E-state index contributed by atoms with van der Waals surface area (Å²) >= 11 is 0. The Morgan fingerprint density at radius 2 is 1.62 bits per heavy atom. The topological polar surface area (TPSA) is 122 Å². The predicted octanol–water partition coefficient (Wildman–Crippen LogP) is 2.63. The van der Waals surface area contributed by atoms with Crippen molar-refractivity contribution in [1.82, 2.24) is 10.2 Å². The van der Waals surface area contributed by atoms with Crippen LogP contribution in [0.15, 0.2) is 4.99 Å². The Balaban J connectivity index is 1.90. The molecule has 3 rings (SSSR count). The number of nitrogens with zero attached hydrogens (tertiary/aromatic N) is 2. The number of nitrogens with two attached hydrogens (primary N) is 1. The van der Waals surface area contributed by atoms with Gasteiger partial charge in [0.2, 0.25) is 17.6 Å². The lowest BCUT2D eigenvalue weighted by Crippen LogP contribution is -2.57. The largest absolute Gasteiger partial charge is 0.363 e. The van der Waals surface area contributed by atoms with Crippen molar-refractivity contribution in [2.24, 2.45) is 33.4 Å². The number of nitrogens with one attached hydrogen (secondary N) is 1. The monoisotopic (exact) mass is 474 g/mol. The number of piperidine rings is 1. The Bertz CT molecular complexity index is 837. The van der Waals surface area contributed by atoms with Crippen LogP contribution >= 0.6 is 0 Å². The maximum atomic E-state index is 13.7. The highest BCUT2D eigenvalue weighted by Gasteiger charge is 2.69. The average Bonchev–Trinajstić information content (AvgIpc) is 3.10. The second-order valence-electron chi connectivity index (χ2n) is 11.8. The number of aliphatic imine (C=N–C) groups is 1. The third kappa shape index (κ3) is 5.20. The number of fused-ring (bicyclic) bond motifs is 3. The molecule has 0 aromatic rings. The van der Waals surface area contributed by atoms with Crippen LogP contribution in [0.4, 0.5) is 0 Å². The molecule has 8 nitrogen and oxygen atoms in total. The molecule has 0 aromatic carbocycles. The van der Waals surface area contributed by atoms with E-state index in [0.29, 0.717) is 13.0 Å². The fraction of sp³-hybridized carbons (Fsp3) is 0.808. The summed E-state index contributed by atoms with van der Waals surface area (Å²) < 4.78 is 0. The molecule has 0 spiro atoms. The van der Waals surface area contributed by atoms with Crippen molar-refractivity contribution in [2.45, 2.75) is 104 Å². The molecule has 190 valence electrons. The van der Waals surface area contributed by atoms with Crippen molar-refractivity contribution in [2.75, 3.05) is 6.54 Å². The number of primary amides is 1. The summed E-state index contributed by atoms with van der Waals surface area (Å²) in [6.07, 6.45) is 8.25. The Hall–Kier alpha value is -2.25.